The molecular weight excluding hydrogens is 314 g/mol. The molecule has 1 aromatic heterocycles. The van der Waals surface area contributed by atoms with Crippen LogP contribution in [0.1, 0.15) is 27.7 Å². The number of benzene rings is 1. The summed E-state index contributed by atoms with van der Waals surface area (Å²) >= 11 is 0. The molecule has 2 aromatic rings. The van der Waals surface area contributed by atoms with Crippen molar-refractivity contribution in [2.75, 3.05) is 7.05 Å². The topological polar surface area (TPSA) is 157 Å². The van der Waals surface area contributed by atoms with Gasteiger partial charge < -0.3 is 9.32 Å². The van der Waals surface area contributed by atoms with Gasteiger partial charge in [-0.3, -0.25) is 4.79 Å². The van der Waals surface area contributed by atoms with Crippen molar-refractivity contribution >= 4 is 11.6 Å². The Morgan fingerprint density at radius 1 is 1.29 bits per heavy atom. The van der Waals surface area contributed by atoms with Crippen LogP contribution in [0, 0.1) is 6.92 Å². The Kier molecular flexibility index (Phi) is 5.35. The first kappa shape index (κ1) is 16.8. The molecule has 0 atom stereocenters. The van der Waals surface area contributed by atoms with Crippen LogP contribution in [0.25, 0.3) is 20.9 Å². The molecule has 0 aliphatic heterocycles. The maximum atomic E-state index is 12.5. The average Bonchev–Trinajstić information content (AvgIpc) is 2.97. The fraction of sp³-hybridized carbons (Fsp3) is 0.308. The van der Waals surface area contributed by atoms with Crippen molar-refractivity contribution in [2.24, 2.45) is 10.2 Å². The molecule has 2 rings (SSSR count). The smallest absolute Gasteiger partial charge is 0.254 e. The van der Waals surface area contributed by atoms with E-state index < -0.39 is 0 Å². The number of carbonyl (C=O) groups is 1. The van der Waals surface area contributed by atoms with Crippen LogP contribution < -0.4 is 0 Å². The van der Waals surface area contributed by atoms with Gasteiger partial charge in [0.2, 0.25) is 11.8 Å². The number of azide groups is 2. The van der Waals surface area contributed by atoms with Crippen LogP contribution in [-0.4, -0.2) is 28.1 Å². The number of hydrogen-bond acceptors (Lipinski definition) is 6. The standard InChI is InChI=1S/C13H13N9O2/c1-8-17-19-12(24-8)7-22(2)13(23)10-3-9(6-16-20-14)4-11(5-10)18-21-15/h3-5H,6-7H2,1-2H3. The molecular formula is C13H13N9O2. The third-order valence-electron chi connectivity index (χ3n) is 2.99. The summed E-state index contributed by atoms with van der Waals surface area (Å²) in [7, 11) is 1.58. The summed E-state index contributed by atoms with van der Waals surface area (Å²) < 4.78 is 5.24. The Hall–Kier alpha value is -3.55. The molecule has 0 aliphatic rings. The summed E-state index contributed by atoms with van der Waals surface area (Å²) in [6.07, 6.45) is 0. The number of hydrogen-bond donors (Lipinski definition) is 0. The lowest BCUT2D eigenvalue weighted by Crippen LogP contribution is -2.26. The summed E-state index contributed by atoms with van der Waals surface area (Å²) in [5.74, 6) is 0.389. The van der Waals surface area contributed by atoms with Crippen molar-refractivity contribution in [1.29, 1.82) is 0 Å². The van der Waals surface area contributed by atoms with Gasteiger partial charge in [0.05, 0.1) is 13.1 Å². The summed E-state index contributed by atoms with van der Waals surface area (Å²) in [5.41, 5.74) is 18.1. The van der Waals surface area contributed by atoms with E-state index in [4.69, 9.17) is 15.5 Å². The van der Waals surface area contributed by atoms with E-state index in [-0.39, 0.29) is 24.7 Å². The summed E-state index contributed by atoms with van der Waals surface area (Å²) in [4.78, 5) is 19.3. The Morgan fingerprint density at radius 3 is 2.71 bits per heavy atom. The molecule has 1 amide bonds. The van der Waals surface area contributed by atoms with Crippen LogP contribution in [0.4, 0.5) is 5.69 Å². The van der Waals surface area contributed by atoms with E-state index in [0.717, 1.165) is 0 Å². The van der Waals surface area contributed by atoms with Crippen molar-refractivity contribution in [3.05, 3.63) is 62.0 Å². The molecule has 24 heavy (non-hydrogen) atoms. The molecule has 0 radical (unpaired) electrons. The van der Waals surface area contributed by atoms with Gasteiger partial charge in [0.25, 0.3) is 5.91 Å². The molecule has 122 valence electrons. The molecule has 0 saturated heterocycles. The van der Waals surface area contributed by atoms with Gasteiger partial charge in [-0.05, 0) is 34.8 Å². The fourth-order valence-electron chi connectivity index (χ4n) is 2.01. The second-order valence-corrected chi connectivity index (χ2v) is 4.84. The molecule has 0 saturated carbocycles. The van der Waals surface area contributed by atoms with Gasteiger partial charge in [0, 0.05) is 35.0 Å². The van der Waals surface area contributed by atoms with Crippen molar-refractivity contribution in [3.8, 4) is 0 Å². The highest BCUT2D eigenvalue weighted by atomic mass is 16.4. The van der Waals surface area contributed by atoms with Crippen molar-refractivity contribution in [2.45, 2.75) is 20.0 Å². The SMILES string of the molecule is Cc1nnc(CN(C)C(=O)c2cc(CN=[N+]=[N-])cc(N=[N+]=[N-])c2)o1. The average molecular weight is 327 g/mol. The van der Waals surface area contributed by atoms with Gasteiger partial charge >= 0.3 is 0 Å². The zero-order chi connectivity index (χ0) is 17.5. The molecule has 11 heteroatoms. The Labute approximate surface area is 136 Å². The molecule has 0 spiro atoms. The van der Waals surface area contributed by atoms with E-state index in [9.17, 15) is 4.79 Å². The molecule has 0 unspecified atom stereocenters. The Bertz CT molecular complexity index is 847. The van der Waals surface area contributed by atoms with Gasteiger partial charge in [0.15, 0.2) is 0 Å². The van der Waals surface area contributed by atoms with Gasteiger partial charge in [-0.1, -0.05) is 10.2 Å². The van der Waals surface area contributed by atoms with Gasteiger partial charge in [-0.25, -0.2) is 0 Å². The maximum absolute atomic E-state index is 12.5. The fourth-order valence-corrected chi connectivity index (χ4v) is 2.01. The Balaban J connectivity index is 2.27. The van der Waals surface area contributed by atoms with E-state index in [0.29, 0.717) is 22.9 Å². The normalized spacial score (nSPS) is 9.75. The Morgan fingerprint density at radius 2 is 2.08 bits per heavy atom. The van der Waals surface area contributed by atoms with E-state index in [1.807, 2.05) is 0 Å². The van der Waals surface area contributed by atoms with E-state index >= 15 is 0 Å². The lowest BCUT2D eigenvalue weighted by atomic mass is 10.1. The van der Waals surface area contributed by atoms with Crippen LogP contribution in [0.3, 0.4) is 0 Å². The molecule has 0 fully saturated rings. The highest BCUT2D eigenvalue weighted by Gasteiger charge is 2.16. The molecule has 1 heterocycles. The summed E-state index contributed by atoms with van der Waals surface area (Å²) in [5, 5.41) is 14.5. The third kappa shape index (κ3) is 4.23. The van der Waals surface area contributed by atoms with Gasteiger partial charge in [-0.15, -0.1) is 10.2 Å². The molecule has 0 aliphatic carbocycles. The predicted molar refractivity (Wildman–Crippen MR) is 82.9 cm³/mol. The minimum atomic E-state index is -0.331. The predicted octanol–water partition coefficient (Wildman–Crippen LogP) is 3.40. The highest BCUT2D eigenvalue weighted by molar-refractivity contribution is 5.95. The van der Waals surface area contributed by atoms with Gasteiger partial charge in [-0.2, -0.15) is 0 Å². The van der Waals surface area contributed by atoms with Gasteiger partial charge in [0.1, 0.15) is 0 Å². The van der Waals surface area contributed by atoms with Crippen molar-refractivity contribution < 1.29 is 9.21 Å². The molecule has 0 N–H and O–H groups in total. The monoisotopic (exact) mass is 327 g/mol. The van der Waals surface area contributed by atoms with Crippen LogP contribution in [0.5, 0.6) is 0 Å². The molecule has 1 aromatic carbocycles. The van der Waals surface area contributed by atoms with Crippen molar-refractivity contribution in [3.63, 3.8) is 0 Å². The minimum absolute atomic E-state index is 0.0398. The number of amides is 1. The zero-order valence-electron chi connectivity index (χ0n) is 13.0. The third-order valence-corrected chi connectivity index (χ3v) is 2.99. The first-order chi connectivity index (χ1) is 11.5. The summed E-state index contributed by atoms with van der Waals surface area (Å²) in [6, 6.07) is 4.58. The van der Waals surface area contributed by atoms with Crippen LogP contribution >= 0.6 is 0 Å². The first-order valence-corrected chi connectivity index (χ1v) is 6.78. The molecule has 0 bridgehead atoms. The van der Waals surface area contributed by atoms with Crippen LogP contribution in [0.15, 0.2) is 32.8 Å². The van der Waals surface area contributed by atoms with E-state index in [2.05, 4.69) is 30.2 Å². The summed E-state index contributed by atoms with van der Waals surface area (Å²) in [6.45, 7) is 1.83. The zero-order valence-corrected chi connectivity index (χ0v) is 13.0. The number of aryl methyl sites for hydroxylation is 1. The largest absolute Gasteiger partial charge is 0.424 e. The van der Waals surface area contributed by atoms with Crippen molar-refractivity contribution in [1.82, 2.24) is 15.1 Å². The lowest BCUT2D eigenvalue weighted by Gasteiger charge is -2.15. The second kappa shape index (κ2) is 7.63. The first-order valence-electron chi connectivity index (χ1n) is 6.78. The maximum Gasteiger partial charge on any atom is 0.254 e. The number of nitrogens with zero attached hydrogens (tertiary/aromatic N) is 9. The number of carbonyl (C=O) groups excluding carboxylic acids is 1. The minimum Gasteiger partial charge on any atom is -0.424 e. The lowest BCUT2D eigenvalue weighted by molar-refractivity contribution is 0.0772. The van der Waals surface area contributed by atoms with Crippen LogP contribution in [0.2, 0.25) is 0 Å². The van der Waals surface area contributed by atoms with E-state index in [1.165, 1.54) is 11.0 Å². The molecule has 11 nitrogen and oxygen atoms in total. The highest BCUT2D eigenvalue weighted by Crippen LogP contribution is 2.20. The quantitative estimate of drug-likeness (QED) is 0.452. The number of aromatic nitrogens is 2. The van der Waals surface area contributed by atoms with E-state index in [1.54, 1.807) is 26.1 Å². The number of rotatable bonds is 6. The van der Waals surface area contributed by atoms with Crippen LogP contribution in [-0.2, 0) is 13.1 Å². The second-order valence-electron chi connectivity index (χ2n) is 4.84.